The van der Waals surface area contributed by atoms with Crippen LogP contribution >= 0.6 is 0 Å². The molecule has 0 spiro atoms. The Morgan fingerprint density at radius 1 is 1.00 bits per heavy atom. The highest BCUT2D eigenvalue weighted by atomic mass is 16.5. The first-order valence-corrected chi connectivity index (χ1v) is 12.0. The molecular weight excluding hydrogens is 452 g/mol. The number of para-hydroxylation sites is 1. The highest BCUT2D eigenvalue weighted by Gasteiger charge is 2.40. The Balaban J connectivity index is 1.54. The van der Waals surface area contributed by atoms with Crippen molar-refractivity contribution in [3.63, 3.8) is 0 Å². The molecule has 6 rings (SSSR count). The van der Waals surface area contributed by atoms with Crippen LogP contribution in [0.4, 0.5) is 5.95 Å². The normalized spacial score (nSPS) is 18.0. The molecule has 3 heterocycles. The van der Waals surface area contributed by atoms with Crippen molar-refractivity contribution in [2.24, 2.45) is 0 Å². The number of esters is 1. The number of nitrogens with zero attached hydrogens (tertiary/aromatic N) is 3. The van der Waals surface area contributed by atoms with Crippen LogP contribution in [0.5, 0.6) is 5.75 Å². The molecule has 4 aromatic rings. The molecular formula is C29H26N4O3. The zero-order chi connectivity index (χ0) is 24.8. The average Bonchev–Trinajstić information content (AvgIpc) is 3.39. The number of ether oxygens (including phenoxy) is 2. The van der Waals surface area contributed by atoms with Crippen molar-refractivity contribution in [3.05, 3.63) is 113 Å². The molecule has 2 aliphatic heterocycles. The molecule has 0 saturated heterocycles. The predicted molar refractivity (Wildman–Crippen MR) is 137 cm³/mol. The van der Waals surface area contributed by atoms with Gasteiger partial charge < -0.3 is 14.8 Å². The van der Waals surface area contributed by atoms with Gasteiger partial charge in [-0.3, -0.25) is 0 Å². The van der Waals surface area contributed by atoms with Crippen molar-refractivity contribution < 1.29 is 14.3 Å². The fourth-order valence-electron chi connectivity index (χ4n) is 4.99. The third kappa shape index (κ3) is 3.55. The second-order valence-electron chi connectivity index (χ2n) is 9.32. The van der Waals surface area contributed by atoms with Crippen LogP contribution in [-0.2, 0) is 4.74 Å². The van der Waals surface area contributed by atoms with Gasteiger partial charge in [0.15, 0.2) is 0 Å². The minimum absolute atomic E-state index is 0.224. The number of anilines is 1. The van der Waals surface area contributed by atoms with Crippen molar-refractivity contribution in [3.8, 4) is 5.75 Å². The van der Waals surface area contributed by atoms with E-state index in [1.54, 1.807) is 18.5 Å². The summed E-state index contributed by atoms with van der Waals surface area (Å²) in [5, 5.41) is 8.11. The van der Waals surface area contributed by atoms with Crippen LogP contribution in [0.15, 0.2) is 84.7 Å². The Morgan fingerprint density at radius 2 is 1.72 bits per heavy atom. The van der Waals surface area contributed by atoms with Crippen LogP contribution in [0.1, 0.15) is 64.5 Å². The van der Waals surface area contributed by atoms with Gasteiger partial charge in [0.2, 0.25) is 5.95 Å². The molecule has 3 aromatic carbocycles. The maximum atomic E-state index is 12.0. The van der Waals surface area contributed by atoms with Gasteiger partial charge in [0.05, 0.1) is 18.4 Å². The van der Waals surface area contributed by atoms with E-state index < -0.39 is 6.10 Å². The van der Waals surface area contributed by atoms with E-state index in [2.05, 4.69) is 59.6 Å². The first-order chi connectivity index (χ1) is 17.5. The molecule has 7 nitrogen and oxygen atoms in total. The molecule has 0 saturated carbocycles. The van der Waals surface area contributed by atoms with Crippen LogP contribution in [0.25, 0.3) is 5.70 Å². The molecule has 36 heavy (non-hydrogen) atoms. The minimum atomic E-state index is -0.402. The molecule has 0 aliphatic carbocycles. The summed E-state index contributed by atoms with van der Waals surface area (Å²) in [6.07, 6.45) is 1.17. The average molecular weight is 479 g/mol. The van der Waals surface area contributed by atoms with Gasteiger partial charge in [-0.05, 0) is 46.9 Å². The highest BCUT2D eigenvalue weighted by molar-refractivity contribution is 5.89. The summed E-state index contributed by atoms with van der Waals surface area (Å²) in [6.45, 7) is 4.38. The van der Waals surface area contributed by atoms with Gasteiger partial charge in [-0.1, -0.05) is 62.4 Å². The number of rotatable bonds is 4. The lowest BCUT2D eigenvalue weighted by atomic mass is 9.84. The van der Waals surface area contributed by atoms with Crippen LogP contribution in [0, 0.1) is 0 Å². The Hall–Kier alpha value is -4.39. The molecule has 0 radical (unpaired) electrons. The third-order valence-electron chi connectivity index (χ3n) is 6.87. The third-order valence-corrected chi connectivity index (χ3v) is 6.87. The van der Waals surface area contributed by atoms with Crippen LogP contribution in [-0.4, -0.2) is 27.8 Å². The number of carbonyl (C=O) groups is 1. The molecule has 0 bridgehead atoms. The molecule has 1 N–H and O–H groups in total. The minimum Gasteiger partial charge on any atom is -0.480 e. The Labute approximate surface area is 209 Å². The molecule has 0 unspecified atom stereocenters. The zero-order valence-corrected chi connectivity index (χ0v) is 20.3. The number of benzene rings is 3. The quantitative estimate of drug-likeness (QED) is 0.377. The predicted octanol–water partition coefficient (Wildman–Crippen LogP) is 5.75. The fraction of sp³-hybridized carbons (Fsp3) is 0.207. The smallest absolute Gasteiger partial charge is 0.337 e. The molecule has 2 aliphatic rings. The van der Waals surface area contributed by atoms with Gasteiger partial charge in [0, 0.05) is 11.1 Å². The lowest BCUT2D eigenvalue weighted by molar-refractivity contribution is 0.0600. The van der Waals surface area contributed by atoms with Crippen molar-refractivity contribution in [2.45, 2.75) is 31.9 Å². The maximum absolute atomic E-state index is 12.0. The van der Waals surface area contributed by atoms with E-state index in [-0.39, 0.29) is 12.0 Å². The standard InChI is InChI=1S/C29H26N4O3/c1-17(2)18-8-10-19(11-9-18)26-24-25(32-29-30-16-31-33(26)29)22-6-4-5-7-23(22)36-27(24)20-12-14-21(15-13-20)28(34)35-3/h4-17,26-27H,1-3H3,(H,30,31,32)/t26-,27-/m0/s1. The van der Waals surface area contributed by atoms with E-state index in [1.165, 1.54) is 12.7 Å². The molecule has 180 valence electrons. The Kier molecular flexibility index (Phi) is 5.33. The van der Waals surface area contributed by atoms with E-state index in [1.807, 2.05) is 35.0 Å². The topological polar surface area (TPSA) is 78.3 Å². The largest absolute Gasteiger partial charge is 0.480 e. The summed E-state index contributed by atoms with van der Waals surface area (Å²) < 4.78 is 13.4. The molecule has 0 fully saturated rings. The van der Waals surface area contributed by atoms with Crippen molar-refractivity contribution in [1.82, 2.24) is 14.8 Å². The first-order valence-electron chi connectivity index (χ1n) is 12.0. The lowest BCUT2D eigenvalue weighted by Gasteiger charge is -2.39. The summed E-state index contributed by atoms with van der Waals surface area (Å²) in [7, 11) is 1.38. The Bertz CT molecular complexity index is 1470. The van der Waals surface area contributed by atoms with Crippen molar-refractivity contribution in [1.29, 1.82) is 0 Å². The van der Waals surface area contributed by atoms with Gasteiger partial charge in [0.1, 0.15) is 24.2 Å². The van der Waals surface area contributed by atoms with Gasteiger partial charge in [0.25, 0.3) is 0 Å². The zero-order valence-electron chi connectivity index (χ0n) is 20.3. The summed E-state index contributed by atoms with van der Waals surface area (Å²) in [5.74, 6) is 1.54. The van der Waals surface area contributed by atoms with E-state index >= 15 is 0 Å². The maximum Gasteiger partial charge on any atom is 0.337 e. The number of hydrogen-bond acceptors (Lipinski definition) is 6. The highest BCUT2D eigenvalue weighted by Crippen LogP contribution is 2.50. The number of hydrogen-bond donors (Lipinski definition) is 1. The molecule has 1 aromatic heterocycles. The fourth-order valence-corrected chi connectivity index (χ4v) is 4.99. The SMILES string of the molecule is COC(=O)c1ccc([C@@H]2Oc3ccccc3C3=C2[C@H](c2ccc(C(C)C)cc2)n2ncnc2N3)cc1. The number of aromatic nitrogens is 3. The summed E-state index contributed by atoms with van der Waals surface area (Å²) in [6, 6.07) is 23.9. The summed E-state index contributed by atoms with van der Waals surface area (Å²) in [4.78, 5) is 16.5. The summed E-state index contributed by atoms with van der Waals surface area (Å²) >= 11 is 0. The number of methoxy groups -OCH3 is 1. The van der Waals surface area contributed by atoms with Crippen LogP contribution < -0.4 is 10.1 Å². The van der Waals surface area contributed by atoms with Gasteiger partial charge in [-0.2, -0.15) is 10.1 Å². The second kappa shape index (κ2) is 8.68. The van der Waals surface area contributed by atoms with E-state index in [0.717, 1.165) is 33.7 Å². The molecule has 0 amide bonds. The first kappa shape index (κ1) is 22.1. The van der Waals surface area contributed by atoms with E-state index in [0.29, 0.717) is 17.4 Å². The van der Waals surface area contributed by atoms with E-state index in [9.17, 15) is 4.79 Å². The number of carbonyl (C=O) groups excluding carboxylic acids is 1. The number of nitrogens with one attached hydrogen (secondary N) is 1. The number of fused-ring (bicyclic) bond motifs is 3. The second-order valence-corrected chi connectivity index (χ2v) is 9.32. The van der Waals surface area contributed by atoms with Gasteiger partial charge >= 0.3 is 5.97 Å². The lowest BCUT2D eigenvalue weighted by Crippen LogP contribution is -2.32. The molecule has 7 heteroatoms. The van der Waals surface area contributed by atoms with Crippen molar-refractivity contribution in [2.75, 3.05) is 12.4 Å². The van der Waals surface area contributed by atoms with E-state index in [4.69, 9.17) is 9.47 Å². The monoisotopic (exact) mass is 478 g/mol. The van der Waals surface area contributed by atoms with Gasteiger partial charge in [-0.15, -0.1) is 0 Å². The van der Waals surface area contributed by atoms with Gasteiger partial charge in [-0.25, -0.2) is 9.48 Å². The molecule has 2 atom stereocenters. The van der Waals surface area contributed by atoms with Crippen LogP contribution in [0.2, 0.25) is 0 Å². The van der Waals surface area contributed by atoms with Crippen LogP contribution in [0.3, 0.4) is 0 Å². The van der Waals surface area contributed by atoms with Crippen molar-refractivity contribution >= 4 is 17.6 Å². The Morgan fingerprint density at radius 3 is 2.44 bits per heavy atom. The summed E-state index contributed by atoms with van der Waals surface area (Å²) in [5.41, 5.74) is 6.78.